The van der Waals surface area contributed by atoms with Crippen molar-refractivity contribution in [1.82, 2.24) is 4.90 Å². The van der Waals surface area contributed by atoms with Crippen LogP contribution >= 0.6 is 0 Å². The first kappa shape index (κ1) is 21.6. The van der Waals surface area contributed by atoms with Crippen LogP contribution in [-0.2, 0) is 10.0 Å². The molecule has 2 N–H and O–H groups in total. The third-order valence-electron chi connectivity index (χ3n) is 6.27. The van der Waals surface area contributed by atoms with Gasteiger partial charge in [0, 0.05) is 24.8 Å². The number of piperidine rings is 2. The highest BCUT2D eigenvalue weighted by Crippen LogP contribution is 2.29. The minimum absolute atomic E-state index is 0.0461. The number of hydrogen-bond acceptors (Lipinski definition) is 5. The number of benzene rings is 2. The van der Waals surface area contributed by atoms with Crippen molar-refractivity contribution in [3.05, 3.63) is 54.1 Å². The summed E-state index contributed by atoms with van der Waals surface area (Å²) in [4.78, 5) is 16.8. The van der Waals surface area contributed by atoms with Crippen molar-refractivity contribution in [2.45, 2.75) is 43.0 Å². The van der Waals surface area contributed by atoms with Gasteiger partial charge in [-0.05, 0) is 69.1 Å². The predicted molar refractivity (Wildman–Crippen MR) is 121 cm³/mol. The van der Waals surface area contributed by atoms with Crippen LogP contribution in [0.1, 0.15) is 42.5 Å². The zero-order chi connectivity index (χ0) is 21.8. The van der Waals surface area contributed by atoms with Gasteiger partial charge >= 0.3 is 5.97 Å². The largest absolute Gasteiger partial charge is 0.478 e. The monoisotopic (exact) mass is 443 g/mol. The molecule has 2 aliphatic heterocycles. The summed E-state index contributed by atoms with van der Waals surface area (Å²) < 4.78 is 27.7. The molecule has 2 aromatic rings. The quantitative estimate of drug-likeness (QED) is 0.709. The highest BCUT2D eigenvalue weighted by atomic mass is 32.2. The minimum atomic E-state index is -3.86. The lowest BCUT2D eigenvalue weighted by atomic mass is 9.99. The van der Waals surface area contributed by atoms with Gasteiger partial charge in [0.1, 0.15) is 0 Å². The van der Waals surface area contributed by atoms with E-state index in [0.29, 0.717) is 6.04 Å². The maximum Gasteiger partial charge on any atom is 0.337 e. The van der Waals surface area contributed by atoms with Gasteiger partial charge in [-0.15, -0.1) is 0 Å². The Hall–Kier alpha value is -2.58. The second kappa shape index (κ2) is 9.28. The first-order chi connectivity index (χ1) is 14.9. The molecule has 0 spiro atoms. The smallest absolute Gasteiger partial charge is 0.337 e. The fourth-order valence-electron chi connectivity index (χ4n) is 4.57. The summed E-state index contributed by atoms with van der Waals surface area (Å²) in [6, 6.07) is 13.5. The standard InChI is InChI=1S/C23H29N3O4S/c27-23(28)21-17-19(26-15-11-18(12-16-26)25-13-5-2-6-14-25)9-10-22(21)24-31(29,30)20-7-3-1-4-8-20/h1,3-4,7-10,17-18,24H,2,5-6,11-16H2,(H,27,28). The number of carboxylic acid groups (broad SMARTS) is 1. The number of hydrogen-bond donors (Lipinski definition) is 2. The Morgan fingerprint density at radius 1 is 0.935 bits per heavy atom. The molecule has 2 aliphatic rings. The second-order valence-corrected chi connectivity index (χ2v) is 9.95. The molecule has 0 atom stereocenters. The van der Waals surface area contributed by atoms with E-state index in [0.717, 1.165) is 31.6 Å². The maximum atomic E-state index is 12.6. The third kappa shape index (κ3) is 5.02. The molecule has 31 heavy (non-hydrogen) atoms. The van der Waals surface area contributed by atoms with Gasteiger partial charge in [-0.3, -0.25) is 4.72 Å². The molecule has 4 rings (SSSR count). The lowest BCUT2D eigenvalue weighted by Crippen LogP contribution is -2.46. The van der Waals surface area contributed by atoms with E-state index in [4.69, 9.17) is 0 Å². The Morgan fingerprint density at radius 3 is 2.26 bits per heavy atom. The Bertz CT molecular complexity index is 1010. The van der Waals surface area contributed by atoms with Gasteiger partial charge in [0.15, 0.2) is 0 Å². The SMILES string of the molecule is O=C(O)c1cc(N2CCC(N3CCCCC3)CC2)ccc1NS(=O)(=O)c1ccccc1. The van der Waals surface area contributed by atoms with Crippen LogP contribution in [0.15, 0.2) is 53.4 Å². The molecule has 8 heteroatoms. The Morgan fingerprint density at radius 2 is 1.61 bits per heavy atom. The molecule has 0 unspecified atom stereocenters. The molecule has 0 aliphatic carbocycles. The van der Waals surface area contributed by atoms with Crippen LogP contribution in [0, 0.1) is 0 Å². The fraction of sp³-hybridized carbons (Fsp3) is 0.435. The highest BCUT2D eigenvalue weighted by Gasteiger charge is 2.26. The number of sulfonamides is 1. The van der Waals surface area contributed by atoms with Crippen molar-refractivity contribution in [1.29, 1.82) is 0 Å². The third-order valence-corrected chi connectivity index (χ3v) is 7.65. The van der Waals surface area contributed by atoms with Crippen molar-refractivity contribution >= 4 is 27.4 Å². The van der Waals surface area contributed by atoms with Crippen LogP contribution in [0.3, 0.4) is 0 Å². The Balaban J connectivity index is 1.48. The molecule has 0 radical (unpaired) electrons. The molecule has 0 aromatic heterocycles. The van der Waals surface area contributed by atoms with Gasteiger partial charge in [0.25, 0.3) is 10.0 Å². The van der Waals surface area contributed by atoms with Crippen LogP contribution in [0.4, 0.5) is 11.4 Å². The Kier molecular flexibility index (Phi) is 6.48. The number of carboxylic acids is 1. The summed E-state index contributed by atoms with van der Waals surface area (Å²) in [6.45, 7) is 4.11. The molecule has 2 heterocycles. The van der Waals surface area contributed by atoms with Crippen LogP contribution < -0.4 is 9.62 Å². The van der Waals surface area contributed by atoms with E-state index in [-0.39, 0.29) is 16.1 Å². The molecule has 0 amide bonds. The average molecular weight is 444 g/mol. The molecule has 2 aromatic carbocycles. The van der Waals surface area contributed by atoms with Gasteiger partial charge in [0.2, 0.25) is 0 Å². The topological polar surface area (TPSA) is 89.9 Å². The lowest BCUT2D eigenvalue weighted by molar-refractivity contribution is 0.0698. The predicted octanol–water partition coefficient (Wildman–Crippen LogP) is 3.64. The van der Waals surface area contributed by atoms with E-state index in [2.05, 4.69) is 14.5 Å². The summed E-state index contributed by atoms with van der Waals surface area (Å²) in [5, 5.41) is 9.71. The van der Waals surface area contributed by atoms with Gasteiger partial charge in [0.05, 0.1) is 16.1 Å². The first-order valence-corrected chi connectivity index (χ1v) is 12.4. The second-order valence-electron chi connectivity index (χ2n) is 8.27. The lowest BCUT2D eigenvalue weighted by Gasteiger charge is -2.41. The van der Waals surface area contributed by atoms with E-state index in [1.807, 2.05) is 0 Å². The summed E-state index contributed by atoms with van der Waals surface area (Å²) >= 11 is 0. The summed E-state index contributed by atoms with van der Waals surface area (Å²) in [5.74, 6) is -1.16. The Labute approximate surface area is 183 Å². The molecule has 2 fully saturated rings. The molecule has 166 valence electrons. The molecule has 0 bridgehead atoms. The van der Waals surface area contributed by atoms with Crippen molar-refractivity contribution in [3.8, 4) is 0 Å². The summed E-state index contributed by atoms with van der Waals surface area (Å²) in [6.07, 6.45) is 6.01. The highest BCUT2D eigenvalue weighted by molar-refractivity contribution is 7.92. The molecular weight excluding hydrogens is 414 g/mol. The molecule has 2 saturated heterocycles. The average Bonchev–Trinajstić information content (AvgIpc) is 2.80. The van der Waals surface area contributed by atoms with Crippen molar-refractivity contribution < 1.29 is 18.3 Å². The zero-order valence-corrected chi connectivity index (χ0v) is 18.4. The first-order valence-electron chi connectivity index (χ1n) is 10.9. The molecule has 7 nitrogen and oxygen atoms in total. The summed E-state index contributed by atoms with van der Waals surface area (Å²) in [7, 11) is -3.86. The van der Waals surface area contributed by atoms with Gasteiger partial charge in [-0.2, -0.15) is 0 Å². The number of nitrogens with one attached hydrogen (secondary N) is 1. The minimum Gasteiger partial charge on any atom is -0.478 e. The van der Waals surface area contributed by atoms with Crippen molar-refractivity contribution in [3.63, 3.8) is 0 Å². The van der Waals surface area contributed by atoms with E-state index in [1.54, 1.807) is 36.4 Å². The molecular formula is C23H29N3O4S. The number of aromatic carboxylic acids is 1. The zero-order valence-electron chi connectivity index (χ0n) is 17.5. The number of likely N-dealkylation sites (tertiary alicyclic amines) is 1. The van der Waals surface area contributed by atoms with Crippen molar-refractivity contribution in [2.24, 2.45) is 0 Å². The van der Waals surface area contributed by atoms with Crippen LogP contribution in [0.2, 0.25) is 0 Å². The fourth-order valence-corrected chi connectivity index (χ4v) is 5.67. The number of anilines is 2. The van der Waals surface area contributed by atoms with Gasteiger partial charge in [-0.25, -0.2) is 13.2 Å². The van der Waals surface area contributed by atoms with Crippen LogP contribution in [0.5, 0.6) is 0 Å². The maximum absolute atomic E-state index is 12.6. The van der Waals surface area contributed by atoms with E-state index >= 15 is 0 Å². The normalized spacial score (nSPS) is 18.6. The number of carbonyl (C=O) groups is 1. The van der Waals surface area contributed by atoms with Gasteiger partial charge < -0.3 is 14.9 Å². The van der Waals surface area contributed by atoms with Crippen LogP contribution in [0.25, 0.3) is 0 Å². The van der Waals surface area contributed by atoms with E-state index in [1.165, 1.54) is 44.5 Å². The van der Waals surface area contributed by atoms with Crippen molar-refractivity contribution in [2.75, 3.05) is 35.8 Å². The van der Waals surface area contributed by atoms with Gasteiger partial charge in [-0.1, -0.05) is 24.6 Å². The number of nitrogens with zero attached hydrogens (tertiary/aromatic N) is 2. The van der Waals surface area contributed by atoms with E-state index < -0.39 is 16.0 Å². The van der Waals surface area contributed by atoms with Crippen LogP contribution in [-0.4, -0.2) is 56.6 Å². The molecule has 0 saturated carbocycles. The summed E-state index contributed by atoms with van der Waals surface area (Å²) in [5.41, 5.74) is 0.843. The number of rotatable bonds is 6. The van der Waals surface area contributed by atoms with E-state index in [9.17, 15) is 18.3 Å².